The highest BCUT2D eigenvalue weighted by molar-refractivity contribution is 4.94. The summed E-state index contributed by atoms with van der Waals surface area (Å²) in [6, 6.07) is 0. The van der Waals surface area contributed by atoms with Crippen molar-refractivity contribution < 1.29 is 0 Å². The quantitative estimate of drug-likeness (QED) is 0.399. The Balaban J connectivity index is 2.80. The molecule has 0 aromatic heterocycles. The lowest BCUT2D eigenvalue weighted by atomic mass is 10.2. The summed E-state index contributed by atoms with van der Waals surface area (Å²) in [6.07, 6.45) is 6.42. The van der Waals surface area contributed by atoms with Gasteiger partial charge in [-0.2, -0.15) is 0 Å². The summed E-state index contributed by atoms with van der Waals surface area (Å²) >= 11 is 0. The Bertz CT molecular complexity index is 92.3. The summed E-state index contributed by atoms with van der Waals surface area (Å²) < 4.78 is 0. The van der Waals surface area contributed by atoms with Gasteiger partial charge in [0.1, 0.15) is 0 Å². The fraction of sp³-hybridized carbons (Fsp3) is 0.778. The third-order valence-electron chi connectivity index (χ3n) is 1.33. The molecule has 0 fully saturated rings. The van der Waals surface area contributed by atoms with Crippen LogP contribution >= 0.6 is 0 Å². The Morgan fingerprint density at radius 2 is 1.89 bits per heavy atom. The second kappa shape index (κ2) is 7.56. The van der Waals surface area contributed by atoms with Crippen molar-refractivity contribution in [2.24, 2.45) is 0 Å². The fourth-order valence-corrected chi connectivity index (χ4v) is 0.765. The van der Waals surface area contributed by atoms with Gasteiger partial charge >= 0.3 is 0 Å². The van der Waals surface area contributed by atoms with E-state index in [1.165, 1.54) is 25.7 Å². The first-order valence-corrected chi connectivity index (χ1v) is 3.81. The van der Waals surface area contributed by atoms with Crippen molar-refractivity contribution in [2.75, 3.05) is 0 Å². The third-order valence-corrected chi connectivity index (χ3v) is 1.33. The van der Waals surface area contributed by atoms with E-state index in [1.807, 2.05) is 6.92 Å². The number of hydrogen-bond acceptors (Lipinski definition) is 0. The summed E-state index contributed by atoms with van der Waals surface area (Å²) in [5.41, 5.74) is 0. The van der Waals surface area contributed by atoms with Gasteiger partial charge in [0, 0.05) is 6.42 Å². The molecule has 0 radical (unpaired) electrons. The molecule has 0 heterocycles. The third kappa shape index (κ3) is 7.56. The minimum atomic E-state index is 1.09. The van der Waals surface area contributed by atoms with Crippen LogP contribution in [0.2, 0.25) is 0 Å². The zero-order chi connectivity index (χ0) is 6.95. The molecule has 52 valence electrons. The zero-order valence-corrected chi connectivity index (χ0v) is 6.54. The van der Waals surface area contributed by atoms with Gasteiger partial charge in [0.25, 0.3) is 0 Å². The second-order valence-corrected chi connectivity index (χ2v) is 2.24. The van der Waals surface area contributed by atoms with Crippen LogP contribution in [0.4, 0.5) is 0 Å². The van der Waals surface area contributed by atoms with Gasteiger partial charge in [-0.05, 0) is 13.3 Å². The molecule has 0 atom stereocenters. The average molecular weight is 124 g/mol. The van der Waals surface area contributed by atoms with Gasteiger partial charge in [-0.1, -0.05) is 26.2 Å². The summed E-state index contributed by atoms with van der Waals surface area (Å²) in [4.78, 5) is 0. The summed E-state index contributed by atoms with van der Waals surface area (Å²) in [5, 5.41) is 0. The zero-order valence-electron chi connectivity index (χ0n) is 6.54. The van der Waals surface area contributed by atoms with Crippen molar-refractivity contribution in [1.29, 1.82) is 0 Å². The lowest BCUT2D eigenvalue weighted by molar-refractivity contribution is 0.679. The second-order valence-electron chi connectivity index (χ2n) is 2.24. The highest BCUT2D eigenvalue weighted by Crippen LogP contribution is 2.00. The highest BCUT2D eigenvalue weighted by Gasteiger charge is 1.82. The van der Waals surface area contributed by atoms with E-state index in [0.717, 1.165) is 6.42 Å². The Labute approximate surface area is 58.7 Å². The maximum atomic E-state index is 3.06. The molecule has 0 amide bonds. The molecule has 0 aromatic carbocycles. The van der Waals surface area contributed by atoms with E-state index >= 15 is 0 Å². The van der Waals surface area contributed by atoms with Crippen LogP contribution in [0.3, 0.4) is 0 Å². The molecule has 0 unspecified atom stereocenters. The van der Waals surface area contributed by atoms with E-state index in [-0.39, 0.29) is 0 Å². The van der Waals surface area contributed by atoms with Crippen LogP contribution in [0.15, 0.2) is 0 Å². The van der Waals surface area contributed by atoms with Gasteiger partial charge < -0.3 is 0 Å². The first-order chi connectivity index (χ1) is 4.41. The predicted molar refractivity (Wildman–Crippen MR) is 42.2 cm³/mol. The summed E-state index contributed by atoms with van der Waals surface area (Å²) in [7, 11) is 0. The van der Waals surface area contributed by atoms with E-state index in [2.05, 4.69) is 18.8 Å². The normalized spacial score (nSPS) is 8.22. The molecule has 0 aliphatic rings. The Kier molecular flexibility index (Phi) is 7.19. The first kappa shape index (κ1) is 8.56. The number of rotatable bonds is 4. The maximum absolute atomic E-state index is 3.06. The van der Waals surface area contributed by atoms with Gasteiger partial charge in [-0.25, -0.2) is 0 Å². The largest absolute Gasteiger partial charge is 0.107 e. The van der Waals surface area contributed by atoms with Crippen LogP contribution in [0.25, 0.3) is 0 Å². The lowest BCUT2D eigenvalue weighted by Crippen LogP contribution is -1.73. The fourth-order valence-electron chi connectivity index (χ4n) is 0.765. The van der Waals surface area contributed by atoms with E-state index in [0.29, 0.717) is 0 Å². The Morgan fingerprint density at radius 3 is 2.44 bits per heavy atom. The monoisotopic (exact) mass is 124 g/mol. The number of hydrogen-bond donors (Lipinski definition) is 0. The Morgan fingerprint density at radius 1 is 1.11 bits per heavy atom. The number of unbranched alkanes of at least 4 members (excludes halogenated alkanes) is 4. The smallest absolute Gasteiger partial charge is 0.00885 e. The molecule has 0 saturated heterocycles. The van der Waals surface area contributed by atoms with Crippen molar-refractivity contribution in [1.82, 2.24) is 0 Å². The van der Waals surface area contributed by atoms with E-state index in [1.54, 1.807) is 0 Å². The minimum absolute atomic E-state index is 1.09. The standard InChI is InChI=1S/C9H16/c1-3-5-7-9-8-6-4-2/h3,5,7-9H2,1-2H3. The van der Waals surface area contributed by atoms with Crippen molar-refractivity contribution in [2.45, 2.75) is 46.0 Å². The molecule has 0 bridgehead atoms. The molecule has 0 aromatic rings. The van der Waals surface area contributed by atoms with E-state index in [4.69, 9.17) is 0 Å². The van der Waals surface area contributed by atoms with Crippen LogP contribution < -0.4 is 0 Å². The van der Waals surface area contributed by atoms with Crippen LogP contribution in [0, 0.1) is 11.8 Å². The first-order valence-electron chi connectivity index (χ1n) is 3.81. The predicted octanol–water partition coefficient (Wildman–Crippen LogP) is 2.98. The molecule has 0 heteroatoms. The van der Waals surface area contributed by atoms with Gasteiger partial charge in [-0.15, -0.1) is 11.8 Å². The molecular formula is C9H16. The van der Waals surface area contributed by atoms with Crippen LogP contribution in [0.5, 0.6) is 0 Å². The van der Waals surface area contributed by atoms with Crippen molar-refractivity contribution in [3.8, 4) is 11.8 Å². The molecule has 0 nitrogen and oxygen atoms in total. The topological polar surface area (TPSA) is 0 Å². The average Bonchev–Trinajstić information content (AvgIpc) is 1.89. The summed E-state index contributed by atoms with van der Waals surface area (Å²) in [6.45, 7) is 4.13. The van der Waals surface area contributed by atoms with Gasteiger partial charge in [0.05, 0.1) is 0 Å². The molecule has 0 aliphatic heterocycles. The molecule has 0 aliphatic carbocycles. The van der Waals surface area contributed by atoms with Gasteiger partial charge in [0.15, 0.2) is 0 Å². The van der Waals surface area contributed by atoms with Crippen LogP contribution in [-0.4, -0.2) is 0 Å². The molecule has 0 saturated carbocycles. The molecule has 9 heavy (non-hydrogen) atoms. The van der Waals surface area contributed by atoms with Crippen molar-refractivity contribution >= 4 is 0 Å². The molecule has 0 rings (SSSR count). The lowest BCUT2D eigenvalue weighted by Gasteiger charge is -1.90. The molecule has 0 spiro atoms. The van der Waals surface area contributed by atoms with Crippen LogP contribution in [0.1, 0.15) is 46.0 Å². The van der Waals surface area contributed by atoms with Crippen LogP contribution in [-0.2, 0) is 0 Å². The van der Waals surface area contributed by atoms with Gasteiger partial charge in [0.2, 0.25) is 0 Å². The van der Waals surface area contributed by atoms with Crippen molar-refractivity contribution in [3.05, 3.63) is 0 Å². The van der Waals surface area contributed by atoms with Gasteiger partial charge in [-0.3, -0.25) is 0 Å². The SMILES string of the molecule is CC#CCCCCCC. The van der Waals surface area contributed by atoms with Crippen molar-refractivity contribution in [3.63, 3.8) is 0 Å². The highest BCUT2D eigenvalue weighted by atomic mass is 13.9. The molecular weight excluding hydrogens is 108 g/mol. The molecule has 0 N–H and O–H groups in total. The maximum Gasteiger partial charge on any atom is 0.00885 e. The van der Waals surface area contributed by atoms with E-state index in [9.17, 15) is 0 Å². The Hall–Kier alpha value is -0.440. The summed E-state index contributed by atoms with van der Waals surface area (Å²) in [5.74, 6) is 5.95. The van der Waals surface area contributed by atoms with E-state index < -0.39 is 0 Å². The minimum Gasteiger partial charge on any atom is -0.107 e.